The van der Waals surface area contributed by atoms with Crippen molar-refractivity contribution in [1.29, 1.82) is 0 Å². The average Bonchev–Trinajstić information content (AvgIpc) is 2.83. The molecular formula is C12H12BrN5. The Bertz CT molecular complexity index is 586. The Morgan fingerprint density at radius 3 is 2.94 bits per heavy atom. The van der Waals surface area contributed by atoms with Crippen LogP contribution >= 0.6 is 15.9 Å². The molecule has 3 N–H and O–H groups in total. The predicted molar refractivity (Wildman–Crippen MR) is 74.7 cm³/mol. The first kappa shape index (κ1) is 11.4. The zero-order valence-corrected chi connectivity index (χ0v) is 11.2. The molecule has 0 saturated carbocycles. The summed E-state index contributed by atoms with van der Waals surface area (Å²) in [5.41, 5.74) is 5.09. The van der Waals surface area contributed by atoms with E-state index in [1.54, 1.807) is 0 Å². The minimum absolute atomic E-state index is 0.587. The van der Waals surface area contributed by atoms with Crippen LogP contribution in [-0.2, 0) is 6.42 Å². The highest BCUT2D eigenvalue weighted by atomic mass is 79.9. The lowest BCUT2D eigenvalue weighted by molar-refractivity contribution is 0.958. The minimum atomic E-state index is 0.587. The molecule has 0 unspecified atom stereocenters. The Morgan fingerprint density at radius 1 is 1.28 bits per heavy atom. The molecule has 0 amide bonds. The molecule has 1 aromatic carbocycles. The second-order valence-corrected chi connectivity index (χ2v) is 4.83. The van der Waals surface area contributed by atoms with Gasteiger partial charge in [-0.25, -0.2) is 15.8 Å². The molecule has 18 heavy (non-hydrogen) atoms. The highest BCUT2D eigenvalue weighted by Crippen LogP contribution is 2.38. The summed E-state index contributed by atoms with van der Waals surface area (Å²) in [6.45, 7) is 0.916. The second-order valence-electron chi connectivity index (χ2n) is 4.03. The van der Waals surface area contributed by atoms with Crippen molar-refractivity contribution in [1.82, 2.24) is 9.97 Å². The average molecular weight is 306 g/mol. The van der Waals surface area contributed by atoms with Crippen molar-refractivity contribution in [2.24, 2.45) is 5.84 Å². The van der Waals surface area contributed by atoms with E-state index in [1.165, 1.54) is 17.6 Å². The lowest BCUT2D eigenvalue weighted by atomic mass is 10.2. The zero-order chi connectivity index (χ0) is 12.5. The molecule has 0 spiro atoms. The summed E-state index contributed by atoms with van der Waals surface area (Å²) < 4.78 is 0.782. The van der Waals surface area contributed by atoms with Gasteiger partial charge in [0.05, 0.1) is 0 Å². The molecule has 6 heteroatoms. The maximum atomic E-state index is 5.42. The topological polar surface area (TPSA) is 67.1 Å². The highest BCUT2D eigenvalue weighted by Gasteiger charge is 2.23. The van der Waals surface area contributed by atoms with Crippen molar-refractivity contribution >= 4 is 33.3 Å². The Hall–Kier alpha value is -1.66. The Balaban J connectivity index is 2.08. The number of aromatic nitrogens is 2. The van der Waals surface area contributed by atoms with E-state index in [-0.39, 0.29) is 0 Å². The van der Waals surface area contributed by atoms with Crippen LogP contribution in [0.2, 0.25) is 0 Å². The lowest BCUT2D eigenvalue weighted by Crippen LogP contribution is -2.17. The van der Waals surface area contributed by atoms with E-state index >= 15 is 0 Å². The molecule has 0 aliphatic carbocycles. The van der Waals surface area contributed by atoms with E-state index in [1.807, 2.05) is 6.07 Å². The van der Waals surface area contributed by atoms with Crippen LogP contribution in [0, 0.1) is 0 Å². The van der Waals surface area contributed by atoms with Crippen LogP contribution in [0.5, 0.6) is 0 Å². The summed E-state index contributed by atoms with van der Waals surface area (Å²) in [7, 11) is 0. The molecule has 1 aliphatic rings. The van der Waals surface area contributed by atoms with Crippen molar-refractivity contribution < 1.29 is 0 Å². The molecular weight excluding hydrogens is 294 g/mol. The predicted octanol–water partition coefficient (Wildman–Crippen LogP) is 2.22. The van der Waals surface area contributed by atoms with Gasteiger partial charge < -0.3 is 10.3 Å². The van der Waals surface area contributed by atoms with Crippen molar-refractivity contribution in [3.63, 3.8) is 0 Å². The monoisotopic (exact) mass is 305 g/mol. The molecule has 2 heterocycles. The smallest absolute Gasteiger partial charge is 0.159 e. The summed E-state index contributed by atoms with van der Waals surface area (Å²) in [4.78, 5) is 10.6. The first-order valence-corrected chi connectivity index (χ1v) is 6.43. The van der Waals surface area contributed by atoms with Crippen LogP contribution in [-0.4, -0.2) is 16.5 Å². The van der Waals surface area contributed by atoms with Gasteiger partial charge in [-0.2, -0.15) is 0 Å². The molecule has 0 saturated heterocycles. The number of nitrogens with two attached hydrogens (primary N) is 1. The van der Waals surface area contributed by atoms with Gasteiger partial charge in [-0.15, -0.1) is 0 Å². The highest BCUT2D eigenvalue weighted by molar-refractivity contribution is 9.10. The van der Waals surface area contributed by atoms with Gasteiger partial charge in [-0.3, -0.25) is 0 Å². The Kier molecular flexibility index (Phi) is 2.89. The molecule has 92 valence electrons. The van der Waals surface area contributed by atoms with Gasteiger partial charge in [0.25, 0.3) is 0 Å². The van der Waals surface area contributed by atoms with E-state index in [4.69, 9.17) is 5.84 Å². The van der Waals surface area contributed by atoms with Crippen molar-refractivity contribution in [3.8, 4) is 0 Å². The van der Waals surface area contributed by atoms with Crippen LogP contribution in [0.3, 0.4) is 0 Å². The maximum absolute atomic E-state index is 5.42. The fourth-order valence-corrected chi connectivity index (χ4v) is 2.74. The van der Waals surface area contributed by atoms with E-state index in [9.17, 15) is 0 Å². The third-order valence-electron chi connectivity index (χ3n) is 3.05. The number of benzene rings is 1. The third-order valence-corrected chi connectivity index (χ3v) is 3.78. The van der Waals surface area contributed by atoms with Crippen LogP contribution < -0.4 is 16.2 Å². The SMILES string of the molecule is NNc1ncnc(N2CCc3ccccc32)c1Br. The van der Waals surface area contributed by atoms with Gasteiger partial charge in [0, 0.05) is 12.2 Å². The molecule has 0 radical (unpaired) electrons. The van der Waals surface area contributed by atoms with Gasteiger partial charge in [0.15, 0.2) is 11.6 Å². The zero-order valence-electron chi connectivity index (χ0n) is 9.60. The number of fused-ring (bicyclic) bond motifs is 1. The van der Waals surface area contributed by atoms with Gasteiger partial charge in [-0.1, -0.05) is 18.2 Å². The van der Waals surface area contributed by atoms with Crippen molar-refractivity contribution in [3.05, 3.63) is 40.6 Å². The fraction of sp³-hybridized carbons (Fsp3) is 0.167. The van der Waals surface area contributed by atoms with Gasteiger partial charge >= 0.3 is 0 Å². The van der Waals surface area contributed by atoms with E-state index in [0.717, 1.165) is 23.3 Å². The van der Waals surface area contributed by atoms with Gasteiger partial charge in [0.2, 0.25) is 0 Å². The van der Waals surface area contributed by atoms with Crippen LogP contribution in [0.15, 0.2) is 35.1 Å². The number of nitrogen functional groups attached to an aromatic ring is 1. The summed E-state index contributed by atoms with van der Waals surface area (Å²) in [5, 5.41) is 0. The Morgan fingerprint density at radius 2 is 2.11 bits per heavy atom. The van der Waals surface area contributed by atoms with Gasteiger partial charge in [-0.05, 0) is 34.0 Å². The number of nitrogens with one attached hydrogen (secondary N) is 1. The van der Waals surface area contributed by atoms with E-state index in [0.29, 0.717) is 5.82 Å². The van der Waals surface area contributed by atoms with E-state index in [2.05, 4.69) is 54.4 Å². The number of para-hydroxylation sites is 1. The first-order valence-electron chi connectivity index (χ1n) is 5.64. The first-order chi connectivity index (χ1) is 8.81. The molecule has 0 atom stereocenters. The molecule has 2 aromatic rings. The molecule has 0 fully saturated rings. The lowest BCUT2D eigenvalue weighted by Gasteiger charge is -2.20. The largest absolute Gasteiger partial charge is 0.325 e. The number of hydrogen-bond donors (Lipinski definition) is 2. The summed E-state index contributed by atoms with van der Waals surface area (Å²) in [6.07, 6.45) is 2.54. The van der Waals surface area contributed by atoms with E-state index < -0.39 is 0 Å². The van der Waals surface area contributed by atoms with Gasteiger partial charge in [0.1, 0.15) is 10.8 Å². The normalized spacial score (nSPS) is 13.6. The third kappa shape index (κ3) is 1.74. The molecule has 3 rings (SSSR count). The minimum Gasteiger partial charge on any atom is -0.325 e. The number of hydrazine groups is 1. The van der Waals surface area contributed by atoms with Crippen molar-refractivity contribution in [2.45, 2.75) is 6.42 Å². The quantitative estimate of drug-likeness (QED) is 0.658. The number of anilines is 3. The molecule has 5 nitrogen and oxygen atoms in total. The number of halogens is 1. The summed E-state index contributed by atoms with van der Waals surface area (Å²) in [6, 6.07) is 8.34. The fourth-order valence-electron chi connectivity index (χ4n) is 2.21. The Labute approximate surface area is 113 Å². The number of hydrogen-bond acceptors (Lipinski definition) is 5. The molecule has 0 bridgehead atoms. The standard InChI is InChI=1S/C12H12BrN5/c13-10-11(17-14)15-7-16-12(10)18-6-5-8-3-1-2-4-9(8)18/h1-4,7H,5-6,14H2,(H,15,16,17). The van der Waals surface area contributed by atoms with Crippen LogP contribution in [0.25, 0.3) is 0 Å². The molecule has 1 aromatic heterocycles. The number of nitrogens with zero attached hydrogens (tertiary/aromatic N) is 3. The second kappa shape index (κ2) is 4.55. The summed E-state index contributed by atoms with van der Waals surface area (Å²) in [5.74, 6) is 6.85. The van der Waals surface area contributed by atoms with Crippen LogP contribution in [0.4, 0.5) is 17.3 Å². The van der Waals surface area contributed by atoms with Crippen LogP contribution in [0.1, 0.15) is 5.56 Å². The maximum Gasteiger partial charge on any atom is 0.159 e. The number of rotatable bonds is 2. The molecule has 1 aliphatic heterocycles. The summed E-state index contributed by atoms with van der Waals surface area (Å²) >= 11 is 3.49. The van der Waals surface area contributed by atoms with Crippen molar-refractivity contribution in [2.75, 3.05) is 16.9 Å².